The fourth-order valence-corrected chi connectivity index (χ4v) is 7.63. The molecule has 0 aliphatic heterocycles. The number of fused-ring (bicyclic) bond motifs is 9. The predicted octanol–water partition coefficient (Wildman–Crippen LogP) is 11.5. The molecular formula is C41H31NO. The second-order valence-corrected chi connectivity index (χ2v) is 12.4. The minimum absolute atomic E-state index is 0.0927. The molecule has 0 atom stereocenters. The van der Waals surface area contributed by atoms with Gasteiger partial charge in [-0.05, 0) is 87.3 Å². The Bertz CT molecular complexity index is 2280. The Hall–Kier alpha value is -5.08. The lowest BCUT2D eigenvalue weighted by Gasteiger charge is -2.31. The molecule has 9 rings (SSSR count). The van der Waals surface area contributed by atoms with E-state index >= 15 is 0 Å². The maximum absolute atomic E-state index is 6.67. The molecule has 2 nitrogen and oxygen atoms in total. The van der Waals surface area contributed by atoms with Crippen LogP contribution in [0.1, 0.15) is 42.5 Å². The standard InChI is InChI=1S/C41H31NO/c1-41(2)35-19-9-7-15-30(35)31-23-22-27(25-36(31)41)42(37-20-11-18-34-33-17-8-10-21-39(33)43-40(34)37)38-24-26-12-3-4-13-28(26)29-14-5-6-16-32(29)38/h3-5,7-15,17-25H,6,16H2,1-2H3. The number of nitrogens with zero attached hydrogens (tertiary/aromatic N) is 1. The molecule has 6 aromatic carbocycles. The topological polar surface area (TPSA) is 16.4 Å². The molecule has 2 aliphatic carbocycles. The minimum atomic E-state index is -0.0927. The molecule has 2 aliphatic rings. The van der Waals surface area contributed by atoms with Crippen molar-refractivity contribution in [3.8, 4) is 11.1 Å². The maximum atomic E-state index is 6.67. The van der Waals surface area contributed by atoms with Gasteiger partial charge in [-0.1, -0.05) is 111 Å². The smallest absolute Gasteiger partial charge is 0.159 e. The molecule has 7 aromatic rings. The Morgan fingerprint density at radius 1 is 0.651 bits per heavy atom. The molecular weight excluding hydrogens is 522 g/mol. The lowest BCUT2D eigenvalue weighted by atomic mass is 9.82. The summed E-state index contributed by atoms with van der Waals surface area (Å²) in [6.45, 7) is 4.71. The molecule has 0 spiro atoms. The first-order valence-corrected chi connectivity index (χ1v) is 15.3. The van der Waals surface area contributed by atoms with Gasteiger partial charge in [0.1, 0.15) is 5.58 Å². The first kappa shape index (κ1) is 24.5. The minimum Gasteiger partial charge on any atom is -0.454 e. The highest BCUT2D eigenvalue weighted by Crippen LogP contribution is 2.52. The molecule has 0 amide bonds. The monoisotopic (exact) mass is 553 g/mol. The summed E-state index contributed by atoms with van der Waals surface area (Å²) in [6, 6.07) is 42.1. The number of rotatable bonds is 3. The summed E-state index contributed by atoms with van der Waals surface area (Å²) in [7, 11) is 0. The second-order valence-electron chi connectivity index (χ2n) is 12.4. The van der Waals surface area contributed by atoms with Crippen molar-refractivity contribution in [3.63, 3.8) is 0 Å². The molecule has 206 valence electrons. The summed E-state index contributed by atoms with van der Waals surface area (Å²) in [5.74, 6) is 0. The van der Waals surface area contributed by atoms with Crippen molar-refractivity contribution in [3.05, 3.63) is 144 Å². The van der Waals surface area contributed by atoms with Crippen LogP contribution in [0, 0.1) is 0 Å². The van der Waals surface area contributed by atoms with E-state index in [-0.39, 0.29) is 5.41 Å². The van der Waals surface area contributed by atoms with Crippen LogP contribution in [-0.4, -0.2) is 0 Å². The zero-order valence-corrected chi connectivity index (χ0v) is 24.4. The average Bonchev–Trinajstić information content (AvgIpc) is 3.54. The van der Waals surface area contributed by atoms with Crippen LogP contribution in [-0.2, 0) is 11.8 Å². The highest BCUT2D eigenvalue weighted by Gasteiger charge is 2.36. The molecule has 0 N–H and O–H groups in total. The van der Waals surface area contributed by atoms with Gasteiger partial charge in [0, 0.05) is 21.9 Å². The van der Waals surface area contributed by atoms with E-state index in [4.69, 9.17) is 4.42 Å². The zero-order valence-electron chi connectivity index (χ0n) is 24.4. The Morgan fingerprint density at radius 3 is 2.35 bits per heavy atom. The van der Waals surface area contributed by atoms with E-state index in [0.717, 1.165) is 46.2 Å². The van der Waals surface area contributed by atoms with Crippen molar-refractivity contribution in [2.75, 3.05) is 4.90 Å². The van der Waals surface area contributed by atoms with E-state index in [1.165, 1.54) is 49.8 Å². The summed E-state index contributed by atoms with van der Waals surface area (Å²) in [5.41, 5.74) is 13.3. The summed E-state index contributed by atoms with van der Waals surface area (Å²) in [5, 5.41) is 4.85. The molecule has 1 aromatic heterocycles. The summed E-state index contributed by atoms with van der Waals surface area (Å²) in [6.07, 6.45) is 6.68. The lowest BCUT2D eigenvalue weighted by Crippen LogP contribution is -2.17. The van der Waals surface area contributed by atoms with Gasteiger partial charge in [-0.25, -0.2) is 0 Å². The fourth-order valence-electron chi connectivity index (χ4n) is 7.63. The van der Waals surface area contributed by atoms with Gasteiger partial charge in [-0.15, -0.1) is 0 Å². The van der Waals surface area contributed by atoms with Crippen molar-refractivity contribution in [1.82, 2.24) is 0 Å². The number of furan rings is 1. The summed E-state index contributed by atoms with van der Waals surface area (Å²) >= 11 is 0. The van der Waals surface area contributed by atoms with E-state index in [1.54, 1.807) is 0 Å². The number of hydrogen-bond donors (Lipinski definition) is 0. The maximum Gasteiger partial charge on any atom is 0.159 e. The van der Waals surface area contributed by atoms with Crippen LogP contribution in [0.25, 0.3) is 49.9 Å². The highest BCUT2D eigenvalue weighted by molar-refractivity contribution is 6.11. The molecule has 1 heterocycles. The van der Waals surface area contributed by atoms with Gasteiger partial charge >= 0.3 is 0 Å². The van der Waals surface area contributed by atoms with Gasteiger partial charge in [-0.2, -0.15) is 0 Å². The van der Waals surface area contributed by atoms with Crippen LogP contribution in [0.15, 0.2) is 126 Å². The molecule has 0 unspecified atom stereocenters. The molecule has 0 saturated heterocycles. The molecule has 0 fully saturated rings. The number of hydrogen-bond acceptors (Lipinski definition) is 2. The molecule has 0 bridgehead atoms. The highest BCUT2D eigenvalue weighted by atomic mass is 16.3. The number of para-hydroxylation sites is 2. The number of anilines is 3. The van der Waals surface area contributed by atoms with Crippen LogP contribution >= 0.6 is 0 Å². The third-order valence-electron chi connectivity index (χ3n) is 9.71. The zero-order chi connectivity index (χ0) is 28.7. The quantitative estimate of drug-likeness (QED) is 0.216. The van der Waals surface area contributed by atoms with Crippen LogP contribution < -0.4 is 4.90 Å². The lowest BCUT2D eigenvalue weighted by molar-refractivity contribution is 0.660. The second kappa shape index (κ2) is 8.96. The van der Waals surface area contributed by atoms with E-state index < -0.39 is 0 Å². The molecule has 0 saturated carbocycles. The van der Waals surface area contributed by atoms with E-state index in [9.17, 15) is 0 Å². The Balaban J connectivity index is 1.37. The van der Waals surface area contributed by atoms with Crippen molar-refractivity contribution < 1.29 is 4.42 Å². The van der Waals surface area contributed by atoms with Gasteiger partial charge in [-0.3, -0.25) is 0 Å². The van der Waals surface area contributed by atoms with Crippen molar-refractivity contribution >= 4 is 55.8 Å². The van der Waals surface area contributed by atoms with E-state index in [2.05, 4.69) is 146 Å². The average molecular weight is 554 g/mol. The first-order valence-electron chi connectivity index (χ1n) is 15.3. The van der Waals surface area contributed by atoms with Crippen molar-refractivity contribution in [2.45, 2.75) is 32.1 Å². The van der Waals surface area contributed by atoms with E-state index in [1.807, 2.05) is 0 Å². The van der Waals surface area contributed by atoms with Crippen molar-refractivity contribution in [2.24, 2.45) is 0 Å². The predicted molar refractivity (Wildman–Crippen MR) is 181 cm³/mol. The van der Waals surface area contributed by atoms with Crippen LogP contribution in [0.4, 0.5) is 17.1 Å². The first-order chi connectivity index (χ1) is 21.1. The molecule has 0 radical (unpaired) electrons. The van der Waals surface area contributed by atoms with Gasteiger partial charge in [0.2, 0.25) is 0 Å². The van der Waals surface area contributed by atoms with Crippen LogP contribution in [0.3, 0.4) is 0 Å². The largest absolute Gasteiger partial charge is 0.454 e. The molecule has 43 heavy (non-hydrogen) atoms. The number of benzene rings is 6. The normalized spacial score (nSPS) is 14.7. The third-order valence-corrected chi connectivity index (χ3v) is 9.71. The van der Waals surface area contributed by atoms with Crippen LogP contribution in [0.5, 0.6) is 0 Å². The van der Waals surface area contributed by atoms with Crippen LogP contribution in [0.2, 0.25) is 0 Å². The summed E-state index contributed by atoms with van der Waals surface area (Å²) in [4.78, 5) is 2.47. The Labute approximate surface area is 251 Å². The fraction of sp³-hybridized carbons (Fsp3) is 0.122. The van der Waals surface area contributed by atoms with Gasteiger partial charge in [0.15, 0.2) is 5.58 Å². The number of allylic oxidation sites excluding steroid dienone is 1. The third kappa shape index (κ3) is 3.47. The summed E-state index contributed by atoms with van der Waals surface area (Å²) < 4.78 is 6.67. The van der Waals surface area contributed by atoms with Gasteiger partial charge < -0.3 is 9.32 Å². The Kier molecular flexibility index (Phi) is 5.11. The van der Waals surface area contributed by atoms with Gasteiger partial charge in [0.05, 0.1) is 11.4 Å². The van der Waals surface area contributed by atoms with Gasteiger partial charge in [0.25, 0.3) is 0 Å². The van der Waals surface area contributed by atoms with Crippen molar-refractivity contribution in [1.29, 1.82) is 0 Å². The Morgan fingerprint density at radius 2 is 1.42 bits per heavy atom. The SMILES string of the molecule is CC1(C)c2ccccc2-c2ccc(N(c3cc4ccccc4c4c3CCC=C4)c3cccc4c3oc3ccccc34)cc21. The molecule has 2 heteroatoms. The van der Waals surface area contributed by atoms with E-state index in [0.29, 0.717) is 0 Å².